The molecule has 8 heteroatoms. The topological polar surface area (TPSA) is 126 Å². The highest BCUT2D eigenvalue weighted by Gasteiger charge is 2.56. The zero-order valence-electron chi connectivity index (χ0n) is 22.7. The molecule has 0 saturated heterocycles. The second kappa shape index (κ2) is 10.2. The lowest BCUT2D eigenvalue weighted by atomic mass is 9.70. The molecular weight excluding hydrogens is 486 g/mol. The molecule has 202 valence electrons. The molecule has 2 atom stereocenters. The van der Waals surface area contributed by atoms with E-state index < -0.39 is 28.5 Å². The number of rotatable bonds is 9. The largest absolute Gasteiger partial charge is 0.507 e. The smallest absolute Gasteiger partial charge is 0.194 e. The second-order valence-electron chi connectivity index (χ2n) is 10.8. The Hall–Kier alpha value is -3.81. The van der Waals surface area contributed by atoms with Gasteiger partial charge in [0.05, 0.1) is 17.4 Å². The number of carbonyl (C=O) groups is 3. The molecule has 0 unspecified atom stereocenters. The van der Waals surface area contributed by atoms with Crippen molar-refractivity contribution in [2.24, 2.45) is 5.92 Å². The van der Waals surface area contributed by atoms with E-state index in [0.717, 1.165) is 25.0 Å². The number of aromatic hydroxyl groups is 2. The summed E-state index contributed by atoms with van der Waals surface area (Å²) in [6.07, 6.45) is 5.65. The maximum atomic E-state index is 13.9. The number of hydrogen-bond acceptors (Lipinski definition) is 8. The van der Waals surface area contributed by atoms with Crippen molar-refractivity contribution in [3.8, 4) is 17.2 Å². The third-order valence-corrected chi connectivity index (χ3v) is 7.68. The number of allylic oxidation sites excluding steroid dienone is 4. The van der Waals surface area contributed by atoms with Crippen LogP contribution in [-0.2, 0) is 15.0 Å². The SMILES string of the molecule is CC(=O)c1c(O)c(C)c(O)c2c1OC1=CC(=O)/C(=C(/C)NCC[C@H](CCC(C)C)c3ccco3)C(=O)[C@@]12C. The Bertz CT molecular complexity index is 1360. The fourth-order valence-electron chi connectivity index (χ4n) is 5.37. The summed E-state index contributed by atoms with van der Waals surface area (Å²) in [4.78, 5) is 39.4. The van der Waals surface area contributed by atoms with Crippen LogP contribution in [0.25, 0.3) is 0 Å². The minimum Gasteiger partial charge on any atom is -0.507 e. The van der Waals surface area contributed by atoms with Crippen molar-refractivity contribution in [1.29, 1.82) is 0 Å². The first-order valence-electron chi connectivity index (χ1n) is 13.0. The first kappa shape index (κ1) is 27.2. The third kappa shape index (κ3) is 4.42. The second-order valence-corrected chi connectivity index (χ2v) is 10.8. The number of ether oxygens (including phenoxy) is 1. The lowest BCUT2D eigenvalue weighted by molar-refractivity contribution is -0.123. The van der Waals surface area contributed by atoms with Gasteiger partial charge >= 0.3 is 0 Å². The van der Waals surface area contributed by atoms with Crippen molar-refractivity contribution in [3.05, 3.63) is 64.0 Å². The standard InChI is InChI=1S/C30H35NO7/c1-15(2)9-10-19(21-8-7-13-37-21)11-12-31-17(4)23-20(33)14-22-30(6,29(23)36)25-27(35)16(3)26(34)24(18(5)32)28(25)38-22/h7-8,13-15,19,31,34-35H,9-12H2,1-6H3/b23-17+/t19-,30-/m0/s1. The molecule has 3 N–H and O–H groups in total. The van der Waals surface area contributed by atoms with Crippen LogP contribution in [0.5, 0.6) is 17.2 Å². The van der Waals surface area contributed by atoms with Gasteiger partial charge in [0.15, 0.2) is 17.3 Å². The molecule has 1 aliphatic heterocycles. The summed E-state index contributed by atoms with van der Waals surface area (Å²) in [5.74, 6) is -0.690. The number of benzene rings is 1. The van der Waals surface area contributed by atoms with E-state index in [2.05, 4.69) is 19.2 Å². The molecule has 1 aromatic carbocycles. The number of Topliss-reactive ketones (excluding diaryl/α,β-unsaturated/α-hetero) is 2. The normalized spacial score (nSPS) is 20.6. The summed E-state index contributed by atoms with van der Waals surface area (Å²) in [6, 6.07) is 3.84. The quantitative estimate of drug-likeness (QED) is 0.229. The molecule has 0 radical (unpaired) electrons. The average Bonchev–Trinajstić information content (AvgIpc) is 3.47. The van der Waals surface area contributed by atoms with Gasteiger partial charge in [-0.25, -0.2) is 0 Å². The van der Waals surface area contributed by atoms with E-state index in [-0.39, 0.29) is 45.4 Å². The molecule has 0 fully saturated rings. The van der Waals surface area contributed by atoms with E-state index in [1.807, 2.05) is 12.1 Å². The van der Waals surface area contributed by atoms with Crippen molar-refractivity contribution in [2.75, 3.05) is 6.54 Å². The number of fused-ring (bicyclic) bond motifs is 3. The highest BCUT2D eigenvalue weighted by atomic mass is 16.5. The van der Waals surface area contributed by atoms with Crippen molar-refractivity contribution < 1.29 is 33.8 Å². The molecule has 1 aromatic heterocycles. The monoisotopic (exact) mass is 521 g/mol. The fourth-order valence-corrected chi connectivity index (χ4v) is 5.37. The average molecular weight is 522 g/mol. The number of nitrogens with one attached hydrogen (secondary N) is 1. The minimum absolute atomic E-state index is 0.0217. The molecule has 8 nitrogen and oxygen atoms in total. The molecule has 0 amide bonds. The van der Waals surface area contributed by atoms with Gasteiger partial charge in [-0.2, -0.15) is 0 Å². The molecule has 0 bridgehead atoms. The van der Waals surface area contributed by atoms with Gasteiger partial charge in [-0.05, 0) is 58.6 Å². The van der Waals surface area contributed by atoms with E-state index >= 15 is 0 Å². The Balaban J connectivity index is 1.65. The van der Waals surface area contributed by atoms with E-state index in [4.69, 9.17) is 9.15 Å². The minimum atomic E-state index is -1.53. The predicted molar refractivity (Wildman–Crippen MR) is 141 cm³/mol. The number of furan rings is 1. The lowest BCUT2D eigenvalue weighted by Gasteiger charge is -2.29. The summed E-state index contributed by atoms with van der Waals surface area (Å²) >= 11 is 0. The van der Waals surface area contributed by atoms with Gasteiger partial charge in [-0.15, -0.1) is 0 Å². The number of phenols is 2. The molecule has 2 heterocycles. The van der Waals surface area contributed by atoms with Crippen LogP contribution in [0.4, 0.5) is 0 Å². The van der Waals surface area contributed by atoms with Gasteiger partial charge in [0.1, 0.15) is 39.7 Å². The number of hydrogen-bond donors (Lipinski definition) is 3. The fraction of sp³-hybridized carbons (Fsp3) is 0.433. The van der Waals surface area contributed by atoms with Crippen LogP contribution in [0.3, 0.4) is 0 Å². The number of ketones is 3. The number of carbonyl (C=O) groups excluding carboxylic acids is 3. The summed E-state index contributed by atoms with van der Waals surface area (Å²) in [7, 11) is 0. The summed E-state index contributed by atoms with van der Waals surface area (Å²) in [5, 5.41) is 24.7. The molecule has 0 saturated carbocycles. The third-order valence-electron chi connectivity index (χ3n) is 7.68. The van der Waals surface area contributed by atoms with E-state index in [0.29, 0.717) is 18.2 Å². The molecule has 2 aliphatic rings. The summed E-state index contributed by atoms with van der Waals surface area (Å²) in [5.41, 5.74) is -1.11. The van der Waals surface area contributed by atoms with Crippen molar-refractivity contribution in [1.82, 2.24) is 5.32 Å². The van der Waals surface area contributed by atoms with E-state index in [9.17, 15) is 24.6 Å². The summed E-state index contributed by atoms with van der Waals surface area (Å²) in [6.45, 7) is 10.8. The Kier molecular flexibility index (Phi) is 7.28. The lowest BCUT2D eigenvalue weighted by Crippen LogP contribution is -2.41. The van der Waals surface area contributed by atoms with Gasteiger partial charge in [-0.1, -0.05) is 20.3 Å². The van der Waals surface area contributed by atoms with Crippen LogP contribution in [0, 0.1) is 12.8 Å². The molecule has 4 rings (SSSR count). The zero-order chi connectivity index (χ0) is 27.9. The van der Waals surface area contributed by atoms with Crippen LogP contribution >= 0.6 is 0 Å². The Labute approximate surface area is 222 Å². The van der Waals surface area contributed by atoms with Crippen LogP contribution < -0.4 is 10.1 Å². The van der Waals surface area contributed by atoms with Crippen LogP contribution in [0.1, 0.15) is 87.0 Å². The highest BCUT2D eigenvalue weighted by Crippen LogP contribution is 2.57. The van der Waals surface area contributed by atoms with E-state index in [1.54, 1.807) is 20.1 Å². The Morgan fingerprint density at radius 3 is 2.42 bits per heavy atom. The van der Waals surface area contributed by atoms with Gasteiger partial charge in [0, 0.05) is 29.8 Å². The molecule has 38 heavy (non-hydrogen) atoms. The van der Waals surface area contributed by atoms with Crippen LogP contribution in [0.15, 0.2) is 45.9 Å². The summed E-state index contributed by atoms with van der Waals surface area (Å²) < 4.78 is 11.5. The van der Waals surface area contributed by atoms with Crippen LogP contribution in [0.2, 0.25) is 0 Å². The zero-order valence-corrected chi connectivity index (χ0v) is 22.7. The molecule has 1 aliphatic carbocycles. The van der Waals surface area contributed by atoms with Gasteiger partial charge in [-0.3, -0.25) is 14.4 Å². The predicted octanol–water partition coefficient (Wildman–Crippen LogP) is 5.36. The highest BCUT2D eigenvalue weighted by molar-refractivity contribution is 6.31. The Morgan fingerprint density at radius 2 is 1.82 bits per heavy atom. The van der Waals surface area contributed by atoms with Gasteiger partial charge in [0.2, 0.25) is 0 Å². The first-order chi connectivity index (χ1) is 17.9. The molecule has 2 aromatic rings. The molecule has 0 spiro atoms. The Morgan fingerprint density at radius 1 is 1.11 bits per heavy atom. The van der Waals surface area contributed by atoms with Crippen molar-refractivity contribution >= 4 is 17.3 Å². The molecular formula is C30H35NO7. The number of phenolic OH excluding ortho intramolecular Hbond substituents is 2. The first-order valence-corrected chi connectivity index (χ1v) is 13.0. The van der Waals surface area contributed by atoms with Crippen LogP contribution in [-0.4, -0.2) is 34.1 Å². The maximum Gasteiger partial charge on any atom is 0.194 e. The maximum absolute atomic E-state index is 13.9. The van der Waals surface area contributed by atoms with Crippen molar-refractivity contribution in [3.63, 3.8) is 0 Å². The van der Waals surface area contributed by atoms with E-state index in [1.165, 1.54) is 19.9 Å². The van der Waals surface area contributed by atoms with Crippen molar-refractivity contribution in [2.45, 2.75) is 72.1 Å². The van der Waals surface area contributed by atoms with Gasteiger partial charge in [0.25, 0.3) is 0 Å². The van der Waals surface area contributed by atoms with Gasteiger partial charge < -0.3 is 24.7 Å².